The van der Waals surface area contributed by atoms with E-state index in [2.05, 4.69) is 0 Å². The van der Waals surface area contributed by atoms with Gasteiger partial charge in [0.2, 0.25) is 5.91 Å². The first-order valence-electron chi connectivity index (χ1n) is 5.40. The van der Waals surface area contributed by atoms with E-state index in [0.29, 0.717) is 19.4 Å². The second-order valence-electron chi connectivity index (χ2n) is 4.57. The van der Waals surface area contributed by atoms with Crippen LogP contribution in [0.15, 0.2) is 0 Å². The van der Waals surface area contributed by atoms with E-state index >= 15 is 0 Å². The summed E-state index contributed by atoms with van der Waals surface area (Å²) in [6.45, 7) is 2.06. The number of aliphatic carboxylic acids is 1. The molecule has 0 aromatic carbocycles. The molecule has 1 rings (SSSR count). The van der Waals surface area contributed by atoms with Crippen molar-refractivity contribution < 1.29 is 23.1 Å². The van der Waals surface area contributed by atoms with E-state index in [9.17, 15) is 18.0 Å². The Morgan fingerprint density at radius 2 is 2.00 bits per heavy atom. The highest BCUT2D eigenvalue weighted by atomic mass is 32.2. The molecule has 0 spiro atoms. The molecule has 0 bridgehead atoms. The number of piperidine rings is 1. The molecule has 1 fully saturated rings. The minimum Gasteiger partial charge on any atom is -0.481 e. The number of hydrogen-bond donors (Lipinski definition) is 1. The van der Waals surface area contributed by atoms with Gasteiger partial charge < -0.3 is 10.0 Å². The van der Waals surface area contributed by atoms with Crippen LogP contribution >= 0.6 is 0 Å². The van der Waals surface area contributed by atoms with Crippen molar-refractivity contribution in [3.63, 3.8) is 0 Å². The van der Waals surface area contributed by atoms with Crippen molar-refractivity contribution in [2.45, 2.75) is 25.8 Å². The normalized spacial score (nSPS) is 25.6. The lowest BCUT2D eigenvalue weighted by atomic mass is 9.92. The lowest BCUT2D eigenvalue weighted by Gasteiger charge is -2.36. The number of carboxylic acids is 1. The summed E-state index contributed by atoms with van der Waals surface area (Å²) in [5.74, 6) is -2.24. The van der Waals surface area contributed by atoms with Gasteiger partial charge in [-0.05, 0) is 19.8 Å². The van der Waals surface area contributed by atoms with Crippen LogP contribution in [0.2, 0.25) is 0 Å². The molecule has 0 aromatic rings. The number of amides is 1. The highest BCUT2D eigenvalue weighted by Crippen LogP contribution is 2.23. The molecule has 0 saturated carbocycles. The maximum absolute atomic E-state index is 11.7. The summed E-state index contributed by atoms with van der Waals surface area (Å²) < 4.78 is 22.0. The Morgan fingerprint density at radius 1 is 1.41 bits per heavy atom. The van der Waals surface area contributed by atoms with Gasteiger partial charge in [0.15, 0.2) is 9.84 Å². The first-order valence-corrected chi connectivity index (χ1v) is 7.46. The minimum atomic E-state index is -3.33. The van der Waals surface area contributed by atoms with Crippen LogP contribution < -0.4 is 0 Å². The van der Waals surface area contributed by atoms with Crippen molar-refractivity contribution >= 4 is 21.7 Å². The van der Waals surface area contributed by atoms with Gasteiger partial charge in [-0.2, -0.15) is 0 Å². The molecule has 0 aromatic heterocycles. The van der Waals surface area contributed by atoms with Gasteiger partial charge >= 0.3 is 5.97 Å². The maximum Gasteiger partial charge on any atom is 0.306 e. The van der Waals surface area contributed by atoms with E-state index < -0.39 is 33.4 Å². The zero-order valence-electron chi connectivity index (χ0n) is 9.92. The number of carbonyl (C=O) groups excluding carboxylic acids is 1. The summed E-state index contributed by atoms with van der Waals surface area (Å²) >= 11 is 0. The largest absolute Gasteiger partial charge is 0.481 e. The van der Waals surface area contributed by atoms with Crippen molar-refractivity contribution in [1.82, 2.24) is 4.90 Å². The lowest BCUT2D eigenvalue weighted by molar-refractivity contribution is -0.146. The van der Waals surface area contributed by atoms with Crippen molar-refractivity contribution in [2.75, 3.05) is 18.6 Å². The van der Waals surface area contributed by atoms with Crippen molar-refractivity contribution in [3.8, 4) is 0 Å². The summed E-state index contributed by atoms with van der Waals surface area (Å²) in [6.07, 6.45) is 1.78. The highest BCUT2D eigenvalue weighted by Gasteiger charge is 2.32. The lowest BCUT2D eigenvalue weighted by Crippen LogP contribution is -2.47. The van der Waals surface area contributed by atoms with Crippen molar-refractivity contribution in [3.05, 3.63) is 0 Å². The fourth-order valence-electron chi connectivity index (χ4n) is 2.07. The van der Waals surface area contributed by atoms with Gasteiger partial charge in [0.25, 0.3) is 0 Å². The molecule has 1 heterocycles. The average molecular weight is 263 g/mol. The van der Waals surface area contributed by atoms with Crippen LogP contribution in [-0.4, -0.2) is 54.9 Å². The van der Waals surface area contributed by atoms with E-state index in [1.807, 2.05) is 0 Å². The van der Waals surface area contributed by atoms with E-state index in [1.165, 1.54) is 4.90 Å². The van der Waals surface area contributed by atoms with Crippen molar-refractivity contribution in [1.29, 1.82) is 0 Å². The summed E-state index contributed by atoms with van der Waals surface area (Å²) in [6, 6.07) is -0.223. The molecule has 6 nitrogen and oxygen atoms in total. The number of carboxylic acid groups (broad SMARTS) is 1. The van der Waals surface area contributed by atoms with Crippen molar-refractivity contribution in [2.24, 2.45) is 5.92 Å². The fraction of sp³-hybridized carbons (Fsp3) is 0.800. The van der Waals surface area contributed by atoms with Gasteiger partial charge in [0.1, 0.15) is 5.75 Å². The fourth-order valence-corrected chi connectivity index (χ4v) is 2.69. The molecule has 0 radical (unpaired) electrons. The summed E-state index contributed by atoms with van der Waals surface area (Å²) in [7, 11) is -3.33. The maximum atomic E-state index is 11.7. The second-order valence-corrected chi connectivity index (χ2v) is 6.71. The van der Waals surface area contributed by atoms with Crippen LogP contribution in [0.3, 0.4) is 0 Å². The number of hydrogen-bond acceptors (Lipinski definition) is 4. The van der Waals surface area contributed by atoms with Crippen LogP contribution in [0.1, 0.15) is 19.8 Å². The quantitative estimate of drug-likeness (QED) is 0.757. The number of rotatable bonds is 3. The van der Waals surface area contributed by atoms with E-state index in [0.717, 1.165) is 6.26 Å². The van der Waals surface area contributed by atoms with Gasteiger partial charge in [0, 0.05) is 18.8 Å². The third-order valence-corrected chi connectivity index (χ3v) is 3.70. The molecule has 2 atom stereocenters. The Balaban J connectivity index is 2.64. The molecule has 2 unspecified atom stereocenters. The Hall–Kier alpha value is -1.11. The van der Waals surface area contributed by atoms with E-state index in [-0.39, 0.29) is 6.04 Å². The smallest absolute Gasteiger partial charge is 0.306 e. The molecule has 1 aliphatic rings. The third kappa shape index (κ3) is 3.99. The summed E-state index contributed by atoms with van der Waals surface area (Å²) in [5, 5.41) is 8.87. The Kier molecular flexibility index (Phi) is 4.13. The Morgan fingerprint density at radius 3 is 2.41 bits per heavy atom. The van der Waals surface area contributed by atoms with Gasteiger partial charge in [-0.15, -0.1) is 0 Å². The first kappa shape index (κ1) is 14.0. The SMILES string of the molecule is CC1CC(C(=O)O)CCN1C(=O)CS(C)(=O)=O. The average Bonchev–Trinajstić information content (AvgIpc) is 2.14. The van der Waals surface area contributed by atoms with Crippen LogP contribution in [0.5, 0.6) is 0 Å². The van der Waals surface area contributed by atoms with E-state index in [1.54, 1.807) is 6.92 Å². The number of sulfone groups is 1. The zero-order valence-corrected chi connectivity index (χ0v) is 10.7. The molecule has 17 heavy (non-hydrogen) atoms. The first-order chi connectivity index (χ1) is 7.70. The number of likely N-dealkylation sites (tertiary alicyclic amines) is 1. The Bertz CT molecular complexity index is 416. The van der Waals surface area contributed by atoms with Gasteiger partial charge in [-0.3, -0.25) is 9.59 Å². The molecule has 1 aliphatic heterocycles. The van der Waals surface area contributed by atoms with E-state index in [4.69, 9.17) is 5.11 Å². The summed E-state index contributed by atoms with van der Waals surface area (Å²) in [4.78, 5) is 24.0. The van der Waals surface area contributed by atoms with Crippen LogP contribution in [0, 0.1) is 5.92 Å². The predicted octanol–water partition coefficient (Wildman–Crippen LogP) is -0.257. The molecule has 1 amide bonds. The molecule has 98 valence electrons. The monoisotopic (exact) mass is 263 g/mol. The number of nitrogens with zero attached hydrogens (tertiary/aromatic N) is 1. The number of carbonyl (C=O) groups is 2. The zero-order chi connectivity index (χ0) is 13.2. The summed E-state index contributed by atoms with van der Waals surface area (Å²) in [5.41, 5.74) is 0. The molecule has 7 heteroatoms. The molecule has 0 aliphatic carbocycles. The van der Waals surface area contributed by atoms with Gasteiger partial charge in [0.05, 0.1) is 5.92 Å². The minimum absolute atomic E-state index is 0.223. The molecular formula is C10H17NO5S. The molecule has 1 saturated heterocycles. The van der Waals surface area contributed by atoms with Gasteiger partial charge in [-0.25, -0.2) is 8.42 Å². The molecular weight excluding hydrogens is 246 g/mol. The topological polar surface area (TPSA) is 91.8 Å². The van der Waals surface area contributed by atoms with Crippen LogP contribution in [-0.2, 0) is 19.4 Å². The second kappa shape index (κ2) is 5.03. The van der Waals surface area contributed by atoms with Crippen LogP contribution in [0.4, 0.5) is 0 Å². The third-order valence-electron chi connectivity index (χ3n) is 2.93. The predicted molar refractivity (Wildman–Crippen MR) is 61.2 cm³/mol. The molecule has 1 N–H and O–H groups in total. The highest BCUT2D eigenvalue weighted by molar-refractivity contribution is 7.91. The van der Waals surface area contributed by atoms with Gasteiger partial charge in [-0.1, -0.05) is 0 Å². The standard InChI is InChI=1S/C10H17NO5S/c1-7-5-8(10(13)14)3-4-11(7)9(12)6-17(2,15)16/h7-8H,3-6H2,1-2H3,(H,13,14). The Labute approximate surface area is 101 Å². The van der Waals surface area contributed by atoms with Crippen LogP contribution in [0.25, 0.3) is 0 Å².